The van der Waals surface area contributed by atoms with Gasteiger partial charge in [0.05, 0.1) is 52.6 Å². The molecule has 0 aliphatic heterocycles. The minimum Gasteiger partial charge on any atom is -0.496 e. The van der Waals surface area contributed by atoms with Crippen LogP contribution in [0, 0.1) is 6.92 Å². The molecule has 1 atom stereocenters. The molecule has 0 saturated carbocycles. The summed E-state index contributed by atoms with van der Waals surface area (Å²) in [6.45, 7) is 1.21. The van der Waals surface area contributed by atoms with E-state index in [2.05, 4.69) is 9.97 Å². The summed E-state index contributed by atoms with van der Waals surface area (Å²) in [7, 11) is -5.76. The van der Waals surface area contributed by atoms with Crippen molar-refractivity contribution < 1.29 is 25.4 Å². The molecule has 0 radical (unpaired) electrons. The van der Waals surface area contributed by atoms with E-state index in [4.69, 9.17) is 21.2 Å². The zero-order valence-corrected chi connectivity index (χ0v) is 14.1. The maximum atomic E-state index is 13.4. The van der Waals surface area contributed by atoms with E-state index in [-0.39, 0.29) is 22.3 Å². The Hall–Kier alpha value is -2.93. The van der Waals surface area contributed by atoms with Gasteiger partial charge >= 0.3 is 0 Å². The first-order chi connectivity index (χ1) is 17.5. The zero-order chi connectivity index (χ0) is 28.5. The average molecular weight is 379 g/mol. The number of aromatic amines is 1. The fourth-order valence-corrected chi connectivity index (χ4v) is 3.06. The third-order valence-corrected chi connectivity index (χ3v) is 4.43. The Balaban J connectivity index is 1.83. The molecule has 26 heavy (non-hydrogen) atoms. The Bertz CT molecular complexity index is 1600. The van der Waals surface area contributed by atoms with E-state index in [1.165, 1.54) is 25.1 Å². The first-order valence-corrected chi connectivity index (χ1v) is 8.38. The van der Waals surface area contributed by atoms with Gasteiger partial charge in [0.15, 0.2) is 6.57 Å². The van der Waals surface area contributed by atoms with Crippen LogP contribution in [-0.4, -0.2) is 30.8 Å². The maximum Gasteiger partial charge on any atom is 0.197 e. The van der Waals surface area contributed by atoms with Gasteiger partial charge in [-0.05, 0) is 43.3 Å². The lowest BCUT2D eigenvalue weighted by molar-refractivity contribution is 0.410. The number of imidazole rings is 1. The molecule has 0 saturated heterocycles. The number of nitrogens with zero attached hydrogens (tertiary/aromatic N) is 3. The number of hydrogen-bond donors (Lipinski definition) is 1. The Morgan fingerprint density at radius 2 is 2.31 bits per heavy atom. The largest absolute Gasteiger partial charge is 0.496 e. The van der Waals surface area contributed by atoms with Gasteiger partial charge in [0.2, 0.25) is 0 Å². The summed E-state index contributed by atoms with van der Waals surface area (Å²) in [5.74, 6) is -0.614. The summed E-state index contributed by atoms with van der Waals surface area (Å²) in [5.41, 5.74) is -3.49. The number of ether oxygens (including phenoxy) is 1. The van der Waals surface area contributed by atoms with Gasteiger partial charge in [-0.3, -0.25) is 9.19 Å². The normalized spacial score (nSPS) is 20.0. The fourth-order valence-electron chi connectivity index (χ4n) is 2.23. The van der Waals surface area contributed by atoms with Gasteiger partial charge in [-0.15, -0.1) is 0 Å². The molecule has 0 spiro atoms. The number of pyridine rings is 1. The number of H-pyrrole nitrogens is 1. The van der Waals surface area contributed by atoms with Crippen molar-refractivity contribution in [2.45, 2.75) is 17.8 Å². The molecule has 0 aliphatic carbocycles. The fraction of sp³-hybridized carbons (Fsp3) is 0.158. The molecule has 4 rings (SSSR count). The highest BCUT2D eigenvalue weighted by molar-refractivity contribution is 7.84. The monoisotopic (exact) mass is 378 g/mol. The zero-order valence-electron chi connectivity index (χ0n) is 25.2. The van der Waals surface area contributed by atoms with Crippen LogP contribution in [0.2, 0.25) is 1.41 Å². The second-order valence-corrected chi connectivity index (χ2v) is 6.22. The number of nitrogens with one attached hydrogen (secondary N) is 1. The molecule has 132 valence electrons. The summed E-state index contributed by atoms with van der Waals surface area (Å²) < 4.78 is 114. The van der Waals surface area contributed by atoms with Crippen LogP contribution in [0.3, 0.4) is 0 Å². The molecule has 4 aromatic rings. The van der Waals surface area contributed by atoms with Crippen LogP contribution in [0.25, 0.3) is 16.7 Å². The average Bonchev–Trinajstić information content (AvgIpc) is 3.26. The van der Waals surface area contributed by atoms with Crippen LogP contribution in [0.5, 0.6) is 5.75 Å². The first kappa shape index (κ1) is 7.75. The Labute approximate surface area is 170 Å². The Morgan fingerprint density at radius 1 is 1.46 bits per heavy atom. The second-order valence-electron chi connectivity index (χ2n) is 5.11. The number of methoxy groups -OCH3 is 1. The number of hydrogen-bond acceptors (Lipinski definition) is 4. The van der Waals surface area contributed by atoms with E-state index in [9.17, 15) is 4.21 Å². The predicted octanol–water partition coefficient (Wildman–Crippen LogP) is 3.37. The van der Waals surface area contributed by atoms with Gasteiger partial charge < -0.3 is 14.3 Å². The Morgan fingerprint density at radius 3 is 3.12 bits per heavy atom. The molecular formula is C19H18N4O2S. The maximum absolute atomic E-state index is 13.4. The third-order valence-electron chi connectivity index (χ3n) is 3.54. The standard InChI is InChI=1S/C19H18N4O2S/c1-13-17(20-8-7-18(13)25-2)12-26(24)19-21-15-6-5-14(11-16(15)22-19)23-9-3-4-10-23/h3-11H,12H2,1-2H3,(H,21,22)/i2D3,3D,4D,7D,8D,9D,10D,12D2/hD. The van der Waals surface area contributed by atoms with Gasteiger partial charge in [0, 0.05) is 32.5 Å². The summed E-state index contributed by atoms with van der Waals surface area (Å²) in [6.07, 6.45) is -1.63. The number of benzene rings is 1. The SMILES string of the molecule is [2H]c1nc(C([2H])([2H])S(=O)c2nc3cc(-n4c([2H])c([2H])c([2H])c4[2H])ccc3n2[2H])c(C)c(OC([2H])([2H])[2H])c1[2H]. The van der Waals surface area contributed by atoms with E-state index in [1.807, 2.05) is 0 Å². The summed E-state index contributed by atoms with van der Waals surface area (Å²) in [6, 6.07) is 2.49. The van der Waals surface area contributed by atoms with Crippen LogP contribution in [0.4, 0.5) is 0 Å². The minimum atomic E-state index is -3.01. The van der Waals surface area contributed by atoms with Crippen molar-refractivity contribution in [3.8, 4) is 11.4 Å². The molecule has 1 N–H and O–H groups in total. The second kappa shape index (κ2) is 6.76. The molecule has 0 bridgehead atoms. The molecule has 3 aromatic heterocycles. The van der Waals surface area contributed by atoms with Crippen LogP contribution in [0.15, 0.2) is 60.0 Å². The topological polar surface area (TPSA) is 72.8 Å². The van der Waals surface area contributed by atoms with Crippen LogP contribution in [0.1, 0.15) is 26.3 Å². The summed E-state index contributed by atoms with van der Waals surface area (Å²) in [5, 5.41) is -0.560. The van der Waals surface area contributed by atoms with Crippen molar-refractivity contribution >= 4 is 21.8 Å². The molecule has 7 heteroatoms. The highest BCUT2D eigenvalue weighted by Crippen LogP contribution is 2.22. The van der Waals surface area contributed by atoms with Crippen molar-refractivity contribution in [3.63, 3.8) is 0 Å². The van der Waals surface area contributed by atoms with Crippen molar-refractivity contribution in [2.75, 3.05) is 7.04 Å². The lowest BCUT2D eigenvalue weighted by atomic mass is 10.2. The highest BCUT2D eigenvalue weighted by atomic mass is 32.2. The van der Waals surface area contributed by atoms with E-state index in [0.717, 1.165) is 4.57 Å². The first-order valence-electron chi connectivity index (χ1n) is 13.2. The molecule has 6 nitrogen and oxygen atoms in total. The van der Waals surface area contributed by atoms with Gasteiger partial charge in [-0.1, -0.05) is 0 Å². The molecule has 0 fully saturated rings. The smallest absolute Gasteiger partial charge is 0.197 e. The number of aromatic nitrogens is 4. The lowest BCUT2D eigenvalue weighted by Gasteiger charge is -2.08. The van der Waals surface area contributed by atoms with Crippen molar-refractivity contribution in [3.05, 3.63) is 66.1 Å². The summed E-state index contributed by atoms with van der Waals surface area (Å²) >= 11 is 0. The number of fused-ring (bicyclic) bond motifs is 1. The van der Waals surface area contributed by atoms with Gasteiger partial charge in [0.25, 0.3) is 0 Å². The van der Waals surface area contributed by atoms with Gasteiger partial charge in [-0.2, -0.15) is 0 Å². The predicted molar refractivity (Wildman–Crippen MR) is 101 cm³/mol. The van der Waals surface area contributed by atoms with E-state index in [1.54, 1.807) is 0 Å². The summed E-state index contributed by atoms with van der Waals surface area (Å²) in [4.78, 5) is 8.44. The minimum absolute atomic E-state index is 0.0426. The molecule has 3 heterocycles. The Kier molecular flexibility index (Phi) is 2.02. The molecule has 0 aliphatic rings. The van der Waals surface area contributed by atoms with E-state index < -0.39 is 76.8 Å². The number of rotatable bonds is 5. The van der Waals surface area contributed by atoms with Crippen LogP contribution >= 0.6 is 0 Å². The van der Waals surface area contributed by atoms with Crippen molar-refractivity contribution in [1.29, 1.82) is 0 Å². The van der Waals surface area contributed by atoms with Crippen LogP contribution in [-0.2, 0) is 16.5 Å². The van der Waals surface area contributed by atoms with E-state index >= 15 is 0 Å². The van der Waals surface area contributed by atoms with Crippen molar-refractivity contribution in [1.82, 2.24) is 19.5 Å². The molecule has 1 unspecified atom stereocenters. The molecule has 0 amide bonds. The quantitative estimate of drug-likeness (QED) is 0.578. The van der Waals surface area contributed by atoms with Crippen LogP contribution < -0.4 is 4.74 Å². The van der Waals surface area contributed by atoms with Crippen molar-refractivity contribution in [2.24, 2.45) is 0 Å². The third kappa shape index (κ3) is 3.01. The van der Waals surface area contributed by atoms with E-state index in [0.29, 0.717) is 4.98 Å². The highest BCUT2D eigenvalue weighted by Gasteiger charge is 2.15. The molecule has 1 aromatic carbocycles. The molecular weight excluding hydrogens is 348 g/mol. The van der Waals surface area contributed by atoms with Gasteiger partial charge in [-0.25, -0.2) is 4.98 Å². The lowest BCUT2D eigenvalue weighted by Crippen LogP contribution is -2.03. The van der Waals surface area contributed by atoms with Gasteiger partial charge in [0.1, 0.15) is 5.75 Å².